The van der Waals surface area contributed by atoms with Gasteiger partial charge in [0.25, 0.3) is 0 Å². The van der Waals surface area contributed by atoms with Crippen LogP contribution < -0.4 is 10.6 Å². The van der Waals surface area contributed by atoms with Crippen molar-refractivity contribution < 1.29 is 0 Å². The van der Waals surface area contributed by atoms with Crippen molar-refractivity contribution in [3.63, 3.8) is 0 Å². The molecule has 0 unspecified atom stereocenters. The van der Waals surface area contributed by atoms with Crippen molar-refractivity contribution in [1.82, 2.24) is 14.9 Å². The maximum atomic E-state index is 4.64. The third kappa shape index (κ3) is 1.30. The highest BCUT2D eigenvalue weighted by Gasteiger charge is 2.24. The highest BCUT2D eigenvalue weighted by atomic mass is 15.2. The lowest BCUT2D eigenvalue weighted by atomic mass is 10.2. The number of nitrogens with zero attached hydrogens (tertiary/aromatic N) is 2. The van der Waals surface area contributed by atoms with Gasteiger partial charge in [-0.25, -0.2) is 4.98 Å². The smallest absolute Gasteiger partial charge is 0.203 e. The van der Waals surface area contributed by atoms with Crippen LogP contribution in [-0.2, 0) is 20.0 Å². The predicted octanol–water partition coefficient (Wildman–Crippen LogP) is 0.640. The Labute approximate surface area is 83.7 Å². The molecule has 0 saturated heterocycles. The van der Waals surface area contributed by atoms with Crippen LogP contribution in [0.3, 0.4) is 0 Å². The SMILES string of the molecule is Cn1c(NC2CC2)nc2c1CNCC2. The molecule has 0 bridgehead atoms. The quantitative estimate of drug-likeness (QED) is 0.722. The van der Waals surface area contributed by atoms with E-state index in [1.54, 1.807) is 0 Å². The second-order valence-corrected chi connectivity index (χ2v) is 4.23. The molecule has 2 aliphatic rings. The van der Waals surface area contributed by atoms with Crippen LogP contribution in [-0.4, -0.2) is 22.1 Å². The number of rotatable bonds is 2. The summed E-state index contributed by atoms with van der Waals surface area (Å²) in [6.07, 6.45) is 3.67. The van der Waals surface area contributed by atoms with Gasteiger partial charge in [0.05, 0.1) is 11.4 Å². The average molecular weight is 192 g/mol. The van der Waals surface area contributed by atoms with Crippen LogP contribution in [0.5, 0.6) is 0 Å². The predicted molar refractivity (Wildman–Crippen MR) is 55.3 cm³/mol. The number of hydrogen-bond acceptors (Lipinski definition) is 3. The minimum Gasteiger partial charge on any atom is -0.353 e. The van der Waals surface area contributed by atoms with Gasteiger partial charge < -0.3 is 15.2 Å². The molecule has 0 spiro atoms. The lowest BCUT2D eigenvalue weighted by Gasteiger charge is -2.13. The van der Waals surface area contributed by atoms with E-state index in [1.165, 1.54) is 24.2 Å². The summed E-state index contributed by atoms with van der Waals surface area (Å²) in [6.45, 7) is 2.03. The van der Waals surface area contributed by atoms with Crippen molar-refractivity contribution in [3.8, 4) is 0 Å². The first kappa shape index (κ1) is 8.29. The highest BCUT2D eigenvalue weighted by molar-refractivity contribution is 5.37. The Morgan fingerprint density at radius 1 is 1.50 bits per heavy atom. The van der Waals surface area contributed by atoms with Crippen molar-refractivity contribution in [3.05, 3.63) is 11.4 Å². The zero-order chi connectivity index (χ0) is 9.54. The van der Waals surface area contributed by atoms with Crippen molar-refractivity contribution in [1.29, 1.82) is 0 Å². The van der Waals surface area contributed by atoms with Crippen molar-refractivity contribution in [2.24, 2.45) is 7.05 Å². The van der Waals surface area contributed by atoms with E-state index in [2.05, 4.69) is 27.2 Å². The molecule has 1 saturated carbocycles. The summed E-state index contributed by atoms with van der Waals surface area (Å²) < 4.78 is 2.19. The van der Waals surface area contributed by atoms with E-state index in [-0.39, 0.29) is 0 Å². The monoisotopic (exact) mass is 192 g/mol. The summed E-state index contributed by atoms with van der Waals surface area (Å²) in [4.78, 5) is 4.64. The standard InChI is InChI=1S/C10H16N4/c1-14-9-6-11-5-4-8(9)13-10(14)12-7-2-3-7/h7,11H,2-6H2,1H3,(H,12,13). The molecule has 0 radical (unpaired) electrons. The second kappa shape index (κ2) is 2.98. The molecule has 0 amide bonds. The van der Waals surface area contributed by atoms with Crippen molar-refractivity contribution in [2.45, 2.75) is 31.8 Å². The first-order valence-electron chi connectivity index (χ1n) is 5.36. The van der Waals surface area contributed by atoms with Gasteiger partial charge >= 0.3 is 0 Å². The van der Waals surface area contributed by atoms with Gasteiger partial charge in [-0.1, -0.05) is 0 Å². The molecule has 1 aromatic rings. The summed E-state index contributed by atoms with van der Waals surface area (Å²) >= 11 is 0. The van der Waals surface area contributed by atoms with Crippen LogP contribution in [0.4, 0.5) is 5.95 Å². The molecule has 1 fully saturated rings. The molecule has 1 aliphatic carbocycles. The first-order valence-corrected chi connectivity index (χ1v) is 5.36. The van der Waals surface area contributed by atoms with Crippen LogP contribution >= 0.6 is 0 Å². The maximum Gasteiger partial charge on any atom is 0.203 e. The Morgan fingerprint density at radius 3 is 3.07 bits per heavy atom. The zero-order valence-corrected chi connectivity index (χ0v) is 8.51. The number of nitrogens with one attached hydrogen (secondary N) is 2. The highest BCUT2D eigenvalue weighted by Crippen LogP contribution is 2.25. The Balaban J connectivity index is 1.91. The lowest BCUT2D eigenvalue weighted by Crippen LogP contribution is -2.24. The van der Waals surface area contributed by atoms with Crippen LogP contribution in [0.15, 0.2) is 0 Å². The minimum atomic E-state index is 0.686. The summed E-state index contributed by atoms with van der Waals surface area (Å²) in [5.74, 6) is 1.06. The molecule has 1 aromatic heterocycles. The van der Waals surface area contributed by atoms with E-state index in [0.717, 1.165) is 25.5 Å². The van der Waals surface area contributed by atoms with Gasteiger partial charge in [0.1, 0.15) is 0 Å². The summed E-state index contributed by atoms with van der Waals surface area (Å²) in [5.41, 5.74) is 2.62. The van der Waals surface area contributed by atoms with Crippen LogP contribution in [0.1, 0.15) is 24.2 Å². The fourth-order valence-corrected chi connectivity index (χ4v) is 1.96. The molecule has 4 nitrogen and oxygen atoms in total. The molecule has 14 heavy (non-hydrogen) atoms. The summed E-state index contributed by atoms with van der Waals surface area (Å²) in [5, 5.41) is 6.84. The van der Waals surface area contributed by atoms with Gasteiger partial charge in [-0.2, -0.15) is 0 Å². The van der Waals surface area contributed by atoms with Crippen LogP contribution in [0.25, 0.3) is 0 Å². The minimum absolute atomic E-state index is 0.686. The fourth-order valence-electron chi connectivity index (χ4n) is 1.96. The Morgan fingerprint density at radius 2 is 2.36 bits per heavy atom. The van der Waals surface area contributed by atoms with E-state index >= 15 is 0 Å². The topological polar surface area (TPSA) is 41.9 Å². The molecule has 0 atom stereocenters. The van der Waals surface area contributed by atoms with Gasteiger partial charge in [-0.3, -0.25) is 0 Å². The molecule has 2 heterocycles. The lowest BCUT2D eigenvalue weighted by molar-refractivity contribution is 0.607. The molecular formula is C10H16N4. The Bertz CT molecular complexity index is 351. The van der Waals surface area contributed by atoms with Crippen LogP contribution in [0, 0.1) is 0 Å². The summed E-state index contributed by atoms with van der Waals surface area (Å²) in [7, 11) is 2.10. The fraction of sp³-hybridized carbons (Fsp3) is 0.700. The average Bonchev–Trinajstić information content (AvgIpc) is 2.95. The van der Waals surface area contributed by atoms with E-state index in [4.69, 9.17) is 0 Å². The van der Waals surface area contributed by atoms with Gasteiger partial charge in [-0.15, -0.1) is 0 Å². The van der Waals surface area contributed by atoms with E-state index in [9.17, 15) is 0 Å². The van der Waals surface area contributed by atoms with E-state index in [1.807, 2.05) is 0 Å². The van der Waals surface area contributed by atoms with Crippen molar-refractivity contribution in [2.75, 3.05) is 11.9 Å². The number of imidazole rings is 1. The maximum absolute atomic E-state index is 4.64. The molecular weight excluding hydrogens is 176 g/mol. The first-order chi connectivity index (χ1) is 6.84. The molecule has 1 aliphatic heterocycles. The van der Waals surface area contributed by atoms with Gasteiger partial charge in [-0.05, 0) is 12.8 Å². The molecule has 3 rings (SSSR count). The van der Waals surface area contributed by atoms with Crippen LogP contribution in [0.2, 0.25) is 0 Å². The number of fused-ring (bicyclic) bond motifs is 1. The molecule has 4 heteroatoms. The van der Waals surface area contributed by atoms with Gasteiger partial charge in [0, 0.05) is 32.6 Å². The number of anilines is 1. The number of aromatic nitrogens is 2. The van der Waals surface area contributed by atoms with E-state index < -0.39 is 0 Å². The molecule has 0 aromatic carbocycles. The molecule has 76 valence electrons. The van der Waals surface area contributed by atoms with Gasteiger partial charge in [0.15, 0.2) is 0 Å². The second-order valence-electron chi connectivity index (χ2n) is 4.23. The molecule has 2 N–H and O–H groups in total. The third-order valence-corrected chi connectivity index (χ3v) is 3.04. The zero-order valence-electron chi connectivity index (χ0n) is 8.51. The normalized spacial score (nSPS) is 20.6. The summed E-state index contributed by atoms with van der Waals surface area (Å²) in [6, 6.07) is 0.686. The number of hydrogen-bond donors (Lipinski definition) is 2. The largest absolute Gasteiger partial charge is 0.353 e. The third-order valence-electron chi connectivity index (χ3n) is 3.04. The van der Waals surface area contributed by atoms with E-state index in [0.29, 0.717) is 6.04 Å². The van der Waals surface area contributed by atoms with Gasteiger partial charge in [0.2, 0.25) is 5.95 Å². The Hall–Kier alpha value is -1.03. The van der Waals surface area contributed by atoms with Crippen molar-refractivity contribution >= 4 is 5.95 Å². The Kier molecular flexibility index (Phi) is 1.77.